The second-order valence-corrected chi connectivity index (χ2v) is 6.97. The van der Waals surface area contributed by atoms with Crippen LogP contribution in [0, 0.1) is 6.92 Å². The van der Waals surface area contributed by atoms with Gasteiger partial charge in [-0.05, 0) is 20.8 Å². The third kappa shape index (κ3) is 2.64. The number of amides is 1. The summed E-state index contributed by atoms with van der Waals surface area (Å²) in [6.07, 6.45) is 0. The molecule has 0 aromatic carbocycles. The van der Waals surface area contributed by atoms with Crippen molar-refractivity contribution in [3.8, 4) is 0 Å². The van der Waals surface area contributed by atoms with Crippen molar-refractivity contribution in [3.63, 3.8) is 0 Å². The highest BCUT2D eigenvalue weighted by molar-refractivity contribution is 7.88. The first-order valence-electron chi connectivity index (χ1n) is 5.94. The lowest BCUT2D eigenvalue weighted by atomic mass is 10.0. The first kappa shape index (κ1) is 14.0. The van der Waals surface area contributed by atoms with E-state index in [-0.39, 0.29) is 18.2 Å². The Morgan fingerprint density at radius 2 is 2.21 bits per heavy atom. The zero-order valence-corrected chi connectivity index (χ0v) is 12.0. The lowest BCUT2D eigenvalue weighted by Crippen LogP contribution is -2.63. The molecule has 1 amide bonds. The monoisotopic (exact) mass is 287 g/mol. The van der Waals surface area contributed by atoms with Crippen LogP contribution in [0.1, 0.15) is 25.3 Å². The number of sulfonamides is 1. The molecule has 106 valence electrons. The van der Waals surface area contributed by atoms with E-state index in [9.17, 15) is 13.2 Å². The fourth-order valence-corrected chi connectivity index (χ4v) is 3.93. The highest BCUT2D eigenvalue weighted by Gasteiger charge is 2.44. The van der Waals surface area contributed by atoms with Crippen molar-refractivity contribution in [3.05, 3.63) is 17.5 Å². The molecule has 2 heterocycles. The van der Waals surface area contributed by atoms with Crippen LogP contribution in [0.3, 0.4) is 0 Å². The Labute approximate surface area is 112 Å². The van der Waals surface area contributed by atoms with Crippen LogP contribution in [0.5, 0.6) is 0 Å². The largest absolute Gasteiger partial charge is 0.361 e. The first-order chi connectivity index (χ1) is 8.73. The van der Waals surface area contributed by atoms with E-state index in [1.54, 1.807) is 26.8 Å². The van der Waals surface area contributed by atoms with Gasteiger partial charge in [0.05, 0.1) is 0 Å². The third-order valence-electron chi connectivity index (χ3n) is 3.12. The van der Waals surface area contributed by atoms with Gasteiger partial charge in [-0.25, -0.2) is 8.42 Å². The highest BCUT2D eigenvalue weighted by atomic mass is 32.2. The highest BCUT2D eigenvalue weighted by Crippen LogP contribution is 2.23. The Bertz CT molecular complexity index is 591. The second kappa shape index (κ2) is 4.61. The lowest BCUT2D eigenvalue weighted by molar-refractivity contribution is -0.131. The Kier molecular flexibility index (Phi) is 3.40. The predicted octanol–water partition coefficient (Wildman–Crippen LogP) is 0.0232. The van der Waals surface area contributed by atoms with Gasteiger partial charge in [0.2, 0.25) is 15.9 Å². The minimum Gasteiger partial charge on any atom is -0.361 e. The SMILES string of the molecule is Cc1cc(CS(=O)(=O)N2CCNC(=O)C2(C)C)no1. The molecule has 1 aromatic rings. The fraction of sp³-hybridized carbons (Fsp3) is 0.636. The molecular formula is C11H17N3O4S. The Hall–Kier alpha value is -1.41. The summed E-state index contributed by atoms with van der Waals surface area (Å²) < 4.78 is 30.9. The van der Waals surface area contributed by atoms with Crippen LogP contribution in [-0.2, 0) is 20.6 Å². The van der Waals surface area contributed by atoms with Crippen LogP contribution in [0.15, 0.2) is 10.6 Å². The third-order valence-corrected chi connectivity index (χ3v) is 5.09. The van der Waals surface area contributed by atoms with Gasteiger partial charge >= 0.3 is 0 Å². The van der Waals surface area contributed by atoms with Gasteiger partial charge in [-0.1, -0.05) is 5.16 Å². The molecule has 0 spiro atoms. The average Bonchev–Trinajstić information content (AvgIpc) is 2.66. The van der Waals surface area contributed by atoms with Crippen molar-refractivity contribution in [1.82, 2.24) is 14.8 Å². The van der Waals surface area contributed by atoms with E-state index in [2.05, 4.69) is 10.5 Å². The predicted molar refractivity (Wildman–Crippen MR) is 67.7 cm³/mol. The number of hydrogen-bond donors (Lipinski definition) is 1. The van der Waals surface area contributed by atoms with Crippen molar-refractivity contribution in [2.45, 2.75) is 32.1 Å². The molecule has 1 saturated heterocycles. The van der Waals surface area contributed by atoms with E-state index in [1.807, 2.05) is 0 Å². The number of piperazine rings is 1. The quantitative estimate of drug-likeness (QED) is 0.846. The first-order valence-corrected chi connectivity index (χ1v) is 7.55. The molecule has 0 saturated carbocycles. The number of nitrogens with zero attached hydrogens (tertiary/aromatic N) is 2. The van der Waals surface area contributed by atoms with E-state index in [1.165, 1.54) is 4.31 Å². The Morgan fingerprint density at radius 1 is 1.53 bits per heavy atom. The Morgan fingerprint density at radius 3 is 2.79 bits per heavy atom. The van der Waals surface area contributed by atoms with Crippen LogP contribution in [-0.4, -0.2) is 42.4 Å². The minimum atomic E-state index is -3.61. The number of aryl methyl sites for hydroxylation is 1. The molecule has 1 N–H and O–H groups in total. The summed E-state index contributed by atoms with van der Waals surface area (Å²) in [6, 6.07) is 1.58. The molecular weight excluding hydrogens is 270 g/mol. The maximum atomic E-state index is 12.4. The summed E-state index contributed by atoms with van der Waals surface area (Å²) in [4.78, 5) is 11.8. The molecule has 1 fully saturated rings. The zero-order chi connectivity index (χ0) is 14.3. The molecule has 0 aliphatic carbocycles. The van der Waals surface area contributed by atoms with Crippen LogP contribution in [0.25, 0.3) is 0 Å². The number of aromatic nitrogens is 1. The van der Waals surface area contributed by atoms with Crippen molar-refractivity contribution in [2.24, 2.45) is 0 Å². The molecule has 8 heteroatoms. The molecule has 19 heavy (non-hydrogen) atoms. The molecule has 0 atom stereocenters. The van der Waals surface area contributed by atoms with Gasteiger partial charge in [0.25, 0.3) is 0 Å². The number of nitrogens with one attached hydrogen (secondary N) is 1. The maximum Gasteiger partial charge on any atom is 0.241 e. The maximum absolute atomic E-state index is 12.4. The second-order valence-electron chi connectivity index (χ2n) is 5.07. The standard InChI is InChI=1S/C11H17N3O4S/c1-8-6-9(13-18-8)7-19(16,17)14-5-4-12-10(15)11(14,2)3/h6H,4-5,7H2,1-3H3,(H,12,15). The normalized spacial score (nSPS) is 20.3. The summed E-state index contributed by atoms with van der Waals surface area (Å²) in [5, 5.41) is 6.34. The van der Waals surface area contributed by atoms with Gasteiger partial charge in [-0.2, -0.15) is 4.31 Å². The molecule has 1 aromatic heterocycles. The van der Waals surface area contributed by atoms with Crippen LogP contribution in [0.4, 0.5) is 0 Å². The summed E-state index contributed by atoms with van der Waals surface area (Å²) in [5.74, 6) is 0.000584. The molecule has 1 aliphatic rings. The summed E-state index contributed by atoms with van der Waals surface area (Å²) in [5.41, 5.74) is -0.741. The van der Waals surface area contributed by atoms with Crippen LogP contribution >= 0.6 is 0 Å². The number of carbonyl (C=O) groups excluding carboxylic acids is 1. The average molecular weight is 287 g/mol. The molecule has 7 nitrogen and oxygen atoms in total. The minimum absolute atomic E-state index is 0.262. The number of rotatable bonds is 3. The summed E-state index contributed by atoms with van der Waals surface area (Å²) in [6.45, 7) is 5.46. The fourth-order valence-electron chi connectivity index (χ4n) is 2.12. The van der Waals surface area contributed by atoms with Gasteiger partial charge in [-0.3, -0.25) is 4.79 Å². The van der Waals surface area contributed by atoms with Gasteiger partial charge in [0.15, 0.2) is 0 Å². The van der Waals surface area contributed by atoms with Gasteiger partial charge in [0, 0.05) is 19.2 Å². The van der Waals surface area contributed by atoms with E-state index >= 15 is 0 Å². The molecule has 2 rings (SSSR count). The molecule has 0 radical (unpaired) electrons. The number of carbonyl (C=O) groups is 1. The van der Waals surface area contributed by atoms with E-state index in [0.29, 0.717) is 18.0 Å². The lowest BCUT2D eigenvalue weighted by Gasteiger charge is -2.39. The van der Waals surface area contributed by atoms with Gasteiger partial charge in [0.1, 0.15) is 22.7 Å². The molecule has 0 bridgehead atoms. The molecule has 1 aliphatic heterocycles. The topological polar surface area (TPSA) is 92.5 Å². The van der Waals surface area contributed by atoms with Crippen molar-refractivity contribution < 1.29 is 17.7 Å². The van der Waals surface area contributed by atoms with Gasteiger partial charge < -0.3 is 9.84 Å². The van der Waals surface area contributed by atoms with E-state index < -0.39 is 15.6 Å². The van der Waals surface area contributed by atoms with E-state index in [0.717, 1.165) is 0 Å². The Balaban J connectivity index is 2.26. The van der Waals surface area contributed by atoms with Crippen molar-refractivity contribution in [2.75, 3.05) is 13.1 Å². The van der Waals surface area contributed by atoms with E-state index in [4.69, 9.17) is 4.52 Å². The van der Waals surface area contributed by atoms with Gasteiger partial charge in [-0.15, -0.1) is 0 Å². The zero-order valence-electron chi connectivity index (χ0n) is 11.1. The van der Waals surface area contributed by atoms with Crippen LogP contribution in [0.2, 0.25) is 0 Å². The van der Waals surface area contributed by atoms with Crippen molar-refractivity contribution >= 4 is 15.9 Å². The smallest absolute Gasteiger partial charge is 0.241 e. The number of hydrogen-bond acceptors (Lipinski definition) is 5. The molecule has 0 unspecified atom stereocenters. The summed E-state index contributed by atoms with van der Waals surface area (Å²) >= 11 is 0. The van der Waals surface area contributed by atoms with Crippen molar-refractivity contribution in [1.29, 1.82) is 0 Å². The van der Waals surface area contributed by atoms with Crippen LogP contribution < -0.4 is 5.32 Å². The summed E-state index contributed by atoms with van der Waals surface area (Å²) in [7, 11) is -3.61.